The average Bonchev–Trinajstić information content (AvgIpc) is 2.34. The summed E-state index contributed by atoms with van der Waals surface area (Å²) in [5, 5.41) is 10.9. The summed E-state index contributed by atoms with van der Waals surface area (Å²) in [6.07, 6.45) is 1.57. The molecule has 0 unspecified atom stereocenters. The van der Waals surface area contributed by atoms with Crippen LogP contribution in [-0.4, -0.2) is 28.8 Å². The number of benzene rings is 1. The third-order valence-electron chi connectivity index (χ3n) is 2.42. The molecule has 0 aliphatic carbocycles. The Bertz CT molecular complexity index is 488. The molecule has 6 heteroatoms. The number of rotatable bonds is 5. The van der Waals surface area contributed by atoms with Gasteiger partial charge in [0.05, 0.1) is 4.92 Å². The summed E-state index contributed by atoms with van der Waals surface area (Å²) in [4.78, 5) is 23.9. The Morgan fingerprint density at radius 1 is 1.61 bits per heavy atom. The van der Waals surface area contributed by atoms with Crippen LogP contribution < -0.4 is 0 Å². The fraction of sp³-hybridized carbons (Fsp3) is 0.250. The summed E-state index contributed by atoms with van der Waals surface area (Å²) in [6, 6.07) is 4.31. The van der Waals surface area contributed by atoms with Crippen LogP contribution >= 0.6 is 11.6 Å². The number of para-hydroxylation sites is 1. The van der Waals surface area contributed by atoms with E-state index in [1.807, 2.05) is 0 Å². The van der Waals surface area contributed by atoms with Crippen molar-refractivity contribution in [3.8, 4) is 0 Å². The van der Waals surface area contributed by atoms with E-state index in [0.29, 0.717) is 13.1 Å². The first kappa shape index (κ1) is 14.2. The van der Waals surface area contributed by atoms with E-state index >= 15 is 0 Å². The zero-order valence-electron chi connectivity index (χ0n) is 9.93. The van der Waals surface area contributed by atoms with E-state index < -0.39 is 10.8 Å². The van der Waals surface area contributed by atoms with Crippen molar-refractivity contribution in [3.05, 3.63) is 51.6 Å². The average molecular weight is 269 g/mol. The fourth-order valence-electron chi connectivity index (χ4n) is 1.56. The highest BCUT2D eigenvalue weighted by Gasteiger charge is 2.26. The lowest BCUT2D eigenvalue weighted by Gasteiger charge is -2.18. The van der Waals surface area contributed by atoms with Crippen LogP contribution in [0.1, 0.15) is 17.3 Å². The maximum Gasteiger partial charge on any atom is 0.300 e. The Kier molecular flexibility index (Phi) is 4.85. The van der Waals surface area contributed by atoms with E-state index in [4.69, 9.17) is 11.6 Å². The molecule has 0 fully saturated rings. The maximum absolute atomic E-state index is 12.2. The van der Waals surface area contributed by atoms with Crippen molar-refractivity contribution in [3.63, 3.8) is 0 Å². The van der Waals surface area contributed by atoms with Crippen molar-refractivity contribution >= 4 is 23.2 Å². The predicted octanol–water partition coefficient (Wildman–Crippen LogP) is 2.90. The number of halogens is 1. The van der Waals surface area contributed by atoms with Gasteiger partial charge in [-0.3, -0.25) is 14.9 Å². The van der Waals surface area contributed by atoms with Crippen LogP contribution in [0.4, 0.5) is 5.69 Å². The number of hydrogen-bond donors (Lipinski definition) is 0. The molecule has 1 amide bonds. The van der Waals surface area contributed by atoms with Gasteiger partial charge in [0.2, 0.25) is 0 Å². The van der Waals surface area contributed by atoms with Crippen molar-refractivity contribution in [1.29, 1.82) is 0 Å². The number of amides is 1. The van der Waals surface area contributed by atoms with Crippen molar-refractivity contribution in [1.82, 2.24) is 4.90 Å². The molecule has 1 rings (SSSR count). The molecular formula is C12H13ClN2O3. The smallest absolute Gasteiger partial charge is 0.300 e. The van der Waals surface area contributed by atoms with Crippen LogP contribution in [0.5, 0.6) is 0 Å². The van der Waals surface area contributed by atoms with Crippen LogP contribution in [0.25, 0.3) is 0 Å². The first-order valence-electron chi connectivity index (χ1n) is 5.36. The van der Waals surface area contributed by atoms with Gasteiger partial charge in [-0.05, 0) is 19.1 Å². The van der Waals surface area contributed by atoms with Crippen LogP contribution in [-0.2, 0) is 0 Å². The first-order valence-corrected chi connectivity index (χ1v) is 5.73. The minimum atomic E-state index is -0.642. The molecule has 0 N–H and O–H groups in total. The SMILES string of the molecule is C=CCN(CC)C(=O)c1cccc(Cl)c1[N+](=O)[O-]. The number of carbonyl (C=O) groups excluding carboxylic acids is 1. The van der Waals surface area contributed by atoms with Gasteiger partial charge in [-0.15, -0.1) is 6.58 Å². The van der Waals surface area contributed by atoms with Gasteiger partial charge in [-0.25, -0.2) is 0 Å². The van der Waals surface area contributed by atoms with Crippen LogP contribution in [0.3, 0.4) is 0 Å². The largest absolute Gasteiger partial charge is 0.335 e. The summed E-state index contributed by atoms with van der Waals surface area (Å²) in [7, 11) is 0. The number of carbonyl (C=O) groups is 1. The second kappa shape index (κ2) is 6.16. The van der Waals surface area contributed by atoms with E-state index in [-0.39, 0.29) is 16.3 Å². The number of likely N-dealkylation sites (N-methyl/N-ethyl adjacent to an activating group) is 1. The van der Waals surface area contributed by atoms with E-state index in [2.05, 4.69) is 6.58 Å². The lowest BCUT2D eigenvalue weighted by atomic mass is 10.1. The van der Waals surface area contributed by atoms with E-state index in [0.717, 1.165) is 0 Å². The van der Waals surface area contributed by atoms with Crippen molar-refractivity contribution in [2.75, 3.05) is 13.1 Å². The molecule has 1 aromatic rings. The Morgan fingerprint density at radius 3 is 2.78 bits per heavy atom. The van der Waals surface area contributed by atoms with Gasteiger partial charge in [0, 0.05) is 13.1 Å². The minimum absolute atomic E-state index is 0.00352. The second-order valence-electron chi connectivity index (χ2n) is 3.53. The fourth-order valence-corrected chi connectivity index (χ4v) is 1.80. The Morgan fingerprint density at radius 2 is 2.28 bits per heavy atom. The van der Waals surface area contributed by atoms with E-state index in [1.165, 1.54) is 23.1 Å². The van der Waals surface area contributed by atoms with Crippen LogP contribution in [0, 0.1) is 10.1 Å². The Labute approximate surface area is 110 Å². The predicted molar refractivity (Wildman–Crippen MR) is 69.9 cm³/mol. The van der Waals surface area contributed by atoms with Gasteiger partial charge < -0.3 is 4.90 Å². The van der Waals surface area contributed by atoms with Gasteiger partial charge in [-0.1, -0.05) is 23.7 Å². The molecule has 0 saturated heterocycles. The highest BCUT2D eigenvalue weighted by atomic mass is 35.5. The third-order valence-corrected chi connectivity index (χ3v) is 2.72. The number of nitrogens with zero attached hydrogens (tertiary/aromatic N) is 2. The Hall–Kier alpha value is -1.88. The molecule has 0 heterocycles. The van der Waals surface area contributed by atoms with Crippen molar-refractivity contribution in [2.45, 2.75) is 6.92 Å². The molecule has 0 saturated carbocycles. The summed E-state index contributed by atoms with van der Waals surface area (Å²) >= 11 is 5.76. The molecule has 18 heavy (non-hydrogen) atoms. The Balaban J connectivity index is 3.24. The van der Waals surface area contributed by atoms with Crippen LogP contribution in [0.15, 0.2) is 30.9 Å². The van der Waals surface area contributed by atoms with Gasteiger partial charge in [-0.2, -0.15) is 0 Å². The minimum Gasteiger partial charge on any atom is -0.335 e. The molecule has 0 aliphatic heterocycles. The molecule has 1 aromatic carbocycles. The molecular weight excluding hydrogens is 256 g/mol. The van der Waals surface area contributed by atoms with Crippen LogP contribution in [0.2, 0.25) is 5.02 Å². The zero-order chi connectivity index (χ0) is 13.7. The maximum atomic E-state index is 12.2. The lowest BCUT2D eigenvalue weighted by molar-refractivity contribution is -0.385. The highest BCUT2D eigenvalue weighted by molar-refractivity contribution is 6.33. The zero-order valence-corrected chi connectivity index (χ0v) is 10.7. The quantitative estimate of drug-likeness (QED) is 0.469. The molecule has 0 aromatic heterocycles. The molecule has 0 atom stereocenters. The van der Waals surface area contributed by atoms with Crippen molar-refractivity contribution in [2.24, 2.45) is 0 Å². The first-order chi connectivity index (χ1) is 8.52. The molecule has 96 valence electrons. The molecule has 0 aliphatic rings. The van der Waals surface area contributed by atoms with Crippen molar-refractivity contribution < 1.29 is 9.72 Å². The van der Waals surface area contributed by atoms with Gasteiger partial charge in [0.25, 0.3) is 5.91 Å². The number of nitro groups is 1. The molecule has 0 bridgehead atoms. The van der Waals surface area contributed by atoms with Gasteiger partial charge >= 0.3 is 5.69 Å². The standard InChI is InChI=1S/C12H13ClN2O3/c1-3-8-14(4-2)12(16)9-6-5-7-10(13)11(9)15(17)18/h3,5-7H,1,4,8H2,2H3. The second-order valence-corrected chi connectivity index (χ2v) is 3.93. The molecule has 0 radical (unpaired) electrons. The summed E-state index contributed by atoms with van der Waals surface area (Å²) in [5.41, 5.74) is -0.358. The molecule has 5 nitrogen and oxygen atoms in total. The van der Waals surface area contributed by atoms with Gasteiger partial charge in [0.1, 0.15) is 10.6 Å². The lowest BCUT2D eigenvalue weighted by Crippen LogP contribution is -2.31. The summed E-state index contributed by atoms with van der Waals surface area (Å²) in [6.45, 7) is 6.11. The topological polar surface area (TPSA) is 63.5 Å². The van der Waals surface area contributed by atoms with E-state index in [9.17, 15) is 14.9 Å². The van der Waals surface area contributed by atoms with E-state index in [1.54, 1.807) is 13.0 Å². The number of nitro benzene ring substituents is 1. The summed E-state index contributed by atoms with van der Waals surface area (Å²) < 4.78 is 0. The highest BCUT2D eigenvalue weighted by Crippen LogP contribution is 2.29. The monoisotopic (exact) mass is 268 g/mol. The van der Waals surface area contributed by atoms with Gasteiger partial charge in [0.15, 0.2) is 0 Å². The normalized spacial score (nSPS) is 9.89. The molecule has 0 spiro atoms. The third kappa shape index (κ3) is 2.87. The number of hydrogen-bond acceptors (Lipinski definition) is 3. The summed E-state index contributed by atoms with van der Waals surface area (Å²) in [5.74, 6) is -0.424.